The molecule has 58 heavy (non-hydrogen) atoms. The van der Waals surface area contributed by atoms with Gasteiger partial charge in [0.05, 0.1) is 18.0 Å². The number of nitrogens with zero attached hydrogens (tertiary/aromatic N) is 7. The second kappa shape index (κ2) is 17.1. The Morgan fingerprint density at radius 1 is 0.879 bits per heavy atom. The molecule has 0 radical (unpaired) electrons. The van der Waals surface area contributed by atoms with Crippen molar-refractivity contribution in [1.29, 1.82) is 0 Å². The van der Waals surface area contributed by atoms with E-state index in [1.54, 1.807) is 59.5 Å². The third-order valence-electron chi connectivity index (χ3n) is 10.1. The average Bonchev–Trinajstić information content (AvgIpc) is 3.92. The number of aromatic carboxylic acids is 1. The fourth-order valence-corrected chi connectivity index (χ4v) is 7.23. The first kappa shape index (κ1) is 39.4. The molecule has 0 aliphatic carbocycles. The number of carbonyl (C=O) groups excluding carboxylic acids is 5. The van der Waals surface area contributed by atoms with Crippen LogP contribution in [0.3, 0.4) is 0 Å². The summed E-state index contributed by atoms with van der Waals surface area (Å²) in [6.45, 7) is 0.775. The maximum atomic E-state index is 14.2. The molecule has 2 fully saturated rings. The molecule has 300 valence electrons. The SMILES string of the molecule is O=C(O)c1cc2cc(NC(=O)[C@H](Cc3ccc(NC(=O)N4CCC(C(=O)NCCO)CC4)cc3)N3CCN(c4cc(Cl)ccc4-n4cnnn4)C(=O)C3=O)ccc2[nH]1. The fraction of sp³-hybridized carbons (Fsp3) is 0.289. The second-order valence-corrected chi connectivity index (χ2v) is 14.2. The second-order valence-electron chi connectivity index (χ2n) is 13.7. The van der Waals surface area contributed by atoms with E-state index in [2.05, 4.69) is 36.5 Å². The quantitative estimate of drug-likeness (QED) is 0.0998. The maximum Gasteiger partial charge on any atom is 0.352 e. The topological polar surface area (TPSA) is 248 Å². The first-order valence-corrected chi connectivity index (χ1v) is 18.7. The van der Waals surface area contributed by atoms with Gasteiger partial charge in [0.2, 0.25) is 11.8 Å². The number of aliphatic hydroxyl groups is 1. The van der Waals surface area contributed by atoms with Crippen molar-refractivity contribution in [3.05, 3.63) is 89.3 Å². The number of aromatic nitrogens is 5. The van der Waals surface area contributed by atoms with Gasteiger partial charge in [-0.05, 0) is 83.4 Å². The number of carbonyl (C=O) groups is 6. The van der Waals surface area contributed by atoms with Crippen LogP contribution in [-0.4, -0.2) is 126 Å². The number of hydrogen-bond acceptors (Lipinski definition) is 10. The first-order valence-electron chi connectivity index (χ1n) is 18.3. The zero-order chi connectivity index (χ0) is 40.9. The number of carboxylic acid groups (broad SMARTS) is 1. The van der Waals surface area contributed by atoms with Gasteiger partial charge < -0.3 is 45.8 Å². The number of rotatable bonds is 12. The molecule has 2 aromatic heterocycles. The van der Waals surface area contributed by atoms with Gasteiger partial charge in [-0.1, -0.05) is 23.7 Å². The summed E-state index contributed by atoms with van der Waals surface area (Å²) in [6, 6.07) is 16.2. The summed E-state index contributed by atoms with van der Waals surface area (Å²) in [7, 11) is 0. The lowest BCUT2D eigenvalue weighted by Crippen LogP contribution is -2.60. The number of tetrazole rings is 1. The van der Waals surface area contributed by atoms with E-state index in [1.165, 1.54) is 32.9 Å². The van der Waals surface area contributed by atoms with Crippen LogP contribution in [0.4, 0.5) is 21.9 Å². The van der Waals surface area contributed by atoms with E-state index >= 15 is 0 Å². The van der Waals surface area contributed by atoms with E-state index in [9.17, 15) is 33.9 Å². The Morgan fingerprint density at radius 3 is 2.34 bits per heavy atom. The molecule has 6 amide bonds. The van der Waals surface area contributed by atoms with Crippen LogP contribution in [0.15, 0.2) is 73.1 Å². The molecule has 4 heterocycles. The molecule has 2 aliphatic rings. The highest BCUT2D eigenvalue weighted by atomic mass is 35.5. The monoisotopic (exact) mass is 811 g/mol. The van der Waals surface area contributed by atoms with Gasteiger partial charge in [-0.3, -0.25) is 19.2 Å². The van der Waals surface area contributed by atoms with E-state index < -0.39 is 29.7 Å². The number of hydrogen-bond donors (Lipinski definition) is 6. The Hall–Kier alpha value is -6.86. The summed E-state index contributed by atoms with van der Waals surface area (Å²) >= 11 is 6.31. The van der Waals surface area contributed by atoms with Gasteiger partial charge in [0, 0.05) is 72.4 Å². The normalized spacial score (nSPS) is 15.4. The predicted molar refractivity (Wildman–Crippen MR) is 209 cm³/mol. The van der Waals surface area contributed by atoms with Gasteiger partial charge in [-0.2, -0.15) is 4.68 Å². The first-order chi connectivity index (χ1) is 28.0. The lowest BCUT2D eigenvalue weighted by Gasteiger charge is -2.38. The highest BCUT2D eigenvalue weighted by molar-refractivity contribution is 6.41. The fourth-order valence-electron chi connectivity index (χ4n) is 7.07. The molecule has 7 rings (SSSR count). The molecule has 0 saturated carbocycles. The molecule has 0 unspecified atom stereocenters. The molecule has 0 spiro atoms. The Kier molecular flexibility index (Phi) is 11.6. The number of urea groups is 1. The van der Waals surface area contributed by atoms with Crippen molar-refractivity contribution in [2.45, 2.75) is 25.3 Å². The van der Waals surface area contributed by atoms with Gasteiger partial charge in [-0.25, -0.2) is 9.59 Å². The van der Waals surface area contributed by atoms with Crippen molar-refractivity contribution in [2.24, 2.45) is 5.92 Å². The van der Waals surface area contributed by atoms with Crippen LogP contribution >= 0.6 is 11.6 Å². The Labute approximate surface area is 334 Å². The van der Waals surface area contributed by atoms with Crippen molar-refractivity contribution in [2.75, 3.05) is 54.9 Å². The molecule has 5 aromatic rings. The van der Waals surface area contributed by atoms with Gasteiger partial charge in [0.15, 0.2) is 0 Å². The summed E-state index contributed by atoms with van der Waals surface area (Å²) in [5.74, 6) is -3.94. The summed E-state index contributed by atoms with van der Waals surface area (Å²) in [4.78, 5) is 85.7. The third-order valence-corrected chi connectivity index (χ3v) is 10.3. The lowest BCUT2D eigenvalue weighted by atomic mass is 9.96. The number of carboxylic acids is 1. The number of nitrogens with one attached hydrogen (secondary N) is 4. The number of benzene rings is 3. The van der Waals surface area contributed by atoms with Crippen LogP contribution in [-0.2, 0) is 25.6 Å². The van der Waals surface area contributed by atoms with Crippen molar-refractivity contribution in [1.82, 2.24) is 40.3 Å². The van der Waals surface area contributed by atoms with Crippen molar-refractivity contribution >= 4 is 75.2 Å². The molecule has 2 saturated heterocycles. The Balaban J connectivity index is 1.08. The number of likely N-dealkylation sites (tertiary alicyclic amines) is 1. The number of amides is 6. The summed E-state index contributed by atoms with van der Waals surface area (Å²) in [6.07, 6.45) is 2.31. The van der Waals surface area contributed by atoms with Crippen LogP contribution in [0.2, 0.25) is 5.02 Å². The van der Waals surface area contributed by atoms with Gasteiger partial charge in [0.1, 0.15) is 18.1 Å². The summed E-state index contributed by atoms with van der Waals surface area (Å²) in [5.41, 5.74) is 2.67. The van der Waals surface area contributed by atoms with Crippen molar-refractivity contribution < 1.29 is 39.0 Å². The van der Waals surface area contributed by atoms with Gasteiger partial charge in [0.25, 0.3) is 0 Å². The molecule has 6 N–H and O–H groups in total. The number of halogens is 1. The zero-order valence-corrected chi connectivity index (χ0v) is 31.6. The van der Waals surface area contributed by atoms with Crippen LogP contribution < -0.4 is 20.9 Å². The smallest absolute Gasteiger partial charge is 0.352 e. The number of aromatic amines is 1. The molecule has 1 atom stereocenters. The van der Waals surface area contributed by atoms with Crippen LogP contribution in [0.5, 0.6) is 0 Å². The highest BCUT2D eigenvalue weighted by Gasteiger charge is 2.41. The number of anilines is 3. The number of fused-ring (bicyclic) bond motifs is 1. The van der Waals surface area contributed by atoms with Crippen molar-refractivity contribution in [3.8, 4) is 5.69 Å². The molecule has 19 nitrogen and oxygen atoms in total. The molecule has 20 heteroatoms. The summed E-state index contributed by atoms with van der Waals surface area (Å²) in [5, 5.41) is 38.8. The minimum absolute atomic E-state index is 0.00641. The predicted octanol–water partition coefficient (Wildman–Crippen LogP) is 2.27. The maximum absolute atomic E-state index is 14.2. The minimum Gasteiger partial charge on any atom is -0.477 e. The van der Waals surface area contributed by atoms with E-state index in [1.807, 2.05) is 0 Å². The molecule has 0 bridgehead atoms. The largest absolute Gasteiger partial charge is 0.477 e. The van der Waals surface area contributed by atoms with E-state index in [0.29, 0.717) is 70.2 Å². The number of H-pyrrole nitrogens is 1. The average molecular weight is 812 g/mol. The standard InChI is InChI=1S/C38H38ClN11O8/c39-25-3-8-30(50-21-41-45-46-50)31(20-25)48-14-15-49(36(55)35(48)54)32(34(53)42-27-6-7-28-24(18-27)19-29(44-28)37(56)57)17-22-1-4-26(5-2-22)43-38(58)47-12-9-23(10-13-47)33(52)40-11-16-51/h1-8,18-21,23,32,44,51H,9-17H2,(H,40,52)(H,42,53)(H,43,58)(H,56,57)/t32-/m0/s1. The zero-order valence-electron chi connectivity index (χ0n) is 30.8. The Bertz CT molecular complexity index is 2360. The van der Waals surface area contributed by atoms with Crippen molar-refractivity contribution in [3.63, 3.8) is 0 Å². The van der Waals surface area contributed by atoms with Crippen LogP contribution in [0, 0.1) is 5.92 Å². The molecular weight excluding hydrogens is 774 g/mol. The van der Waals surface area contributed by atoms with E-state index in [-0.39, 0.29) is 56.2 Å². The number of piperidine rings is 1. The molecule has 3 aromatic carbocycles. The van der Waals surface area contributed by atoms with E-state index in [0.717, 1.165) is 0 Å². The lowest BCUT2D eigenvalue weighted by molar-refractivity contribution is -0.149. The molecule has 2 aliphatic heterocycles. The van der Waals surface area contributed by atoms with Crippen LogP contribution in [0.1, 0.15) is 28.9 Å². The number of piperazine rings is 1. The third kappa shape index (κ3) is 8.59. The van der Waals surface area contributed by atoms with E-state index in [4.69, 9.17) is 16.7 Å². The van der Waals surface area contributed by atoms with Gasteiger partial charge >= 0.3 is 23.8 Å². The highest BCUT2D eigenvalue weighted by Crippen LogP contribution is 2.30. The Morgan fingerprint density at radius 2 is 1.64 bits per heavy atom. The molecular formula is C38H38ClN11O8. The number of aliphatic hydroxyl groups excluding tert-OH is 1. The minimum atomic E-state index is -1.18. The van der Waals surface area contributed by atoms with Crippen LogP contribution in [0.25, 0.3) is 16.6 Å². The van der Waals surface area contributed by atoms with Gasteiger partial charge in [-0.15, -0.1) is 5.10 Å². The summed E-state index contributed by atoms with van der Waals surface area (Å²) < 4.78 is 1.34.